The van der Waals surface area contributed by atoms with Crippen molar-refractivity contribution in [2.75, 3.05) is 18.0 Å². The fourth-order valence-electron chi connectivity index (χ4n) is 1.88. The van der Waals surface area contributed by atoms with Crippen molar-refractivity contribution in [3.05, 3.63) is 18.0 Å². The predicted molar refractivity (Wildman–Crippen MR) is 82.0 cm³/mol. The second-order valence-corrected chi connectivity index (χ2v) is 5.93. The van der Waals surface area contributed by atoms with E-state index in [4.69, 9.17) is 0 Å². The minimum Gasteiger partial charge on any atom is -0.346 e. The van der Waals surface area contributed by atoms with Gasteiger partial charge < -0.3 is 10.2 Å². The molecule has 20 heavy (non-hydrogen) atoms. The van der Waals surface area contributed by atoms with E-state index in [-0.39, 0.29) is 11.4 Å². The summed E-state index contributed by atoms with van der Waals surface area (Å²) in [6.07, 6.45) is 3.71. The van der Waals surface area contributed by atoms with Crippen LogP contribution < -0.4 is 10.2 Å². The van der Waals surface area contributed by atoms with Gasteiger partial charge >= 0.3 is 0 Å². The molecule has 1 amide bonds. The van der Waals surface area contributed by atoms with Crippen LogP contribution in [-0.2, 0) is 0 Å². The molecule has 0 radical (unpaired) electrons. The smallest absolute Gasteiger partial charge is 0.270 e. The monoisotopic (exact) mass is 278 g/mol. The Morgan fingerprint density at radius 1 is 1.25 bits per heavy atom. The van der Waals surface area contributed by atoms with E-state index in [9.17, 15) is 4.79 Å². The third-order valence-electron chi connectivity index (χ3n) is 2.63. The Labute approximate surface area is 121 Å². The summed E-state index contributed by atoms with van der Waals surface area (Å²) in [6.45, 7) is 11.9. The zero-order valence-electron chi connectivity index (χ0n) is 13.2. The van der Waals surface area contributed by atoms with Gasteiger partial charge in [-0.3, -0.25) is 4.79 Å². The minimum absolute atomic E-state index is 0.158. The first kappa shape index (κ1) is 16.4. The Bertz CT molecular complexity index is 434. The molecule has 0 aliphatic carbocycles. The Kier molecular flexibility index (Phi) is 5.92. The lowest BCUT2D eigenvalue weighted by Crippen LogP contribution is -2.41. The molecule has 1 aromatic rings. The van der Waals surface area contributed by atoms with E-state index in [1.807, 2.05) is 20.8 Å². The van der Waals surface area contributed by atoms with E-state index in [0.29, 0.717) is 11.6 Å². The number of carbonyl (C=O) groups is 1. The third kappa shape index (κ3) is 5.15. The van der Waals surface area contributed by atoms with E-state index in [0.717, 1.165) is 25.9 Å². The van der Waals surface area contributed by atoms with Crippen LogP contribution in [0.3, 0.4) is 0 Å². The summed E-state index contributed by atoms with van der Waals surface area (Å²) >= 11 is 0. The highest BCUT2D eigenvalue weighted by molar-refractivity contribution is 5.92. The molecule has 0 fully saturated rings. The Hall–Kier alpha value is -1.65. The number of aromatic nitrogens is 2. The van der Waals surface area contributed by atoms with Crippen LogP contribution in [0, 0.1) is 0 Å². The van der Waals surface area contributed by atoms with Gasteiger partial charge in [-0.1, -0.05) is 13.8 Å². The average Bonchev–Trinajstić information content (AvgIpc) is 2.37. The summed E-state index contributed by atoms with van der Waals surface area (Å²) in [4.78, 5) is 22.9. The van der Waals surface area contributed by atoms with E-state index < -0.39 is 0 Å². The SMILES string of the molecule is CCCN(CCC)c1nccc(C(=O)NC(C)(C)C)n1. The highest BCUT2D eigenvalue weighted by Crippen LogP contribution is 2.10. The third-order valence-corrected chi connectivity index (χ3v) is 2.63. The van der Waals surface area contributed by atoms with E-state index in [1.165, 1.54) is 0 Å². The molecular weight excluding hydrogens is 252 g/mol. The van der Waals surface area contributed by atoms with Crippen LogP contribution >= 0.6 is 0 Å². The summed E-state index contributed by atoms with van der Waals surface area (Å²) in [5.41, 5.74) is 0.150. The molecule has 0 bridgehead atoms. The lowest BCUT2D eigenvalue weighted by atomic mass is 10.1. The van der Waals surface area contributed by atoms with Gasteiger partial charge in [0, 0.05) is 24.8 Å². The normalized spacial score (nSPS) is 11.2. The number of amides is 1. The van der Waals surface area contributed by atoms with Crippen molar-refractivity contribution < 1.29 is 4.79 Å². The van der Waals surface area contributed by atoms with Crippen LogP contribution in [0.25, 0.3) is 0 Å². The lowest BCUT2D eigenvalue weighted by Gasteiger charge is -2.23. The second kappa shape index (κ2) is 7.22. The number of anilines is 1. The van der Waals surface area contributed by atoms with Crippen molar-refractivity contribution in [1.29, 1.82) is 0 Å². The maximum atomic E-state index is 12.1. The van der Waals surface area contributed by atoms with E-state index in [2.05, 4.69) is 34.0 Å². The molecule has 0 spiro atoms. The molecule has 0 aliphatic heterocycles. The number of hydrogen-bond acceptors (Lipinski definition) is 4. The molecule has 0 aliphatic rings. The molecule has 0 atom stereocenters. The standard InChI is InChI=1S/C15H26N4O/c1-6-10-19(11-7-2)14-16-9-8-12(17-14)13(20)18-15(3,4)5/h8-9H,6-7,10-11H2,1-5H3,(H,18,20). The fraction of sp³-hybridized carbons (Fsp3) is 0.667. The molecule has 0 aromatic carbocycles. The molecule has 1 aromatic heterocycles. The van der Waals surface area contributed by atoms with Gasteiger partial charge in [0.05, 0.1) is 0 Å². The van der Waals surface area contributed by atoms with Crippen molar-refractivity contribution in [3.63, 3.8) is 0 Å². The fourth-order valence-corrected chi connectivity index (χ4v) is 1.88. The van der Waals surface area contributed by atoms with Crippen molar-refractivity contribution in [2.45, 2.75) is 53.0 Å². The summed E-state index contributed by atoms with van der Waals surface area (Å²) in [5.74, 6) is 0.476. The maximum absolute atomic E-state index is 12.1. The van der Waals surface area contributed by atoms with E-state index in [1.54, 1.807) is 12.3 Å². The van der Waals surface area contributed by atoms with Crippen LogP contribution in [0.15, 0.2) is 12.3 Å². The zero-order valence-corrected chi connectivity index (χ0v) is 13.2. The molecular formula is C15H26N4O. The van der Waals surface area contributed by atoms with Gasteiger partial charge in [-0.25, -0.2) is 9.97 Å². The molecule has 5 nitrogen and oxygen atoms in total. The van der Waals surface area contributed by atoms with Crippen LogP contribution in [0.4, 0.5) is 5.95 Å². The second-order valence-electron chi connectivity index (χ2n) is 5.93. The first-order valence-corrected chi connectivity index (χ1v) is 7.28. The predicted octanol–water partition coefficient (Wildman–Crippen LogP) is 2.63. The van der Waals surface area contributed by atoms with Gasteiger partial charge in [0.15, 0.2) is 0 Å². The van der Waals surface area contributed by atoms with E-state index >= 15 is 0 Å². The number of nitrogens with one attached hydrogen (secondary N) is 1. The Balaban J connectivity index is 2.91. The first-order valence-electron chi connectivity index (χ1n) is 7.28. The van der Waals surface area contributed by atoms with Crippen LogP contribution in [-0.4, -0.2) is 34.5 Å². The van der Waals surface area contributed by atoms with Crippen molar-refractivity contribution in [2.24, 2.45) is 0 Å². The number of rotatable bonds is 6. The van der Waals surface area contributed by atoms with Gasteiger partial charge in [0.25, 0.3) is 5.91 Å². The molecule has 5 heteroatoms. The van der Waals surface area contributed by atoms with Gasteiger partial charge in [0.2, 0.25) is 5.95 Å². The lowest BCUT2D eigenvalue weighted by molar-refractivity contribution is 0.0914. The Morgan fingerprint density at radius 2 is 1.85 bits per heavy atom. The number of hydrogen-bond donors (Lipinski definition) is 1. The molecule has 0 unspecified atom stereocenters. The molecule has 1 rings (SSSR count). The van der Waals surface area contributed by atoms with Gasteiger partial charge in [0.1, 0.15) is 5.69 Å². The molecule has 1 N–H and O–H groups in total. The van der Waals surface area contributed by atoms with Crippen LogP contribution in [0.1, 0.15) is 57.9 Å². The van der Waals surface area contributed by atoms with Crippen molar-refractivity contribution in [3.8, 4) is 0 Å². The molecule has 112 valence electrons. The van der Waals surface area contributed by atoms with Gasteiger partial charge in [-0.15, -0.1) is 0 Å². The summed E-state index contributed by atoms with van der Waals surface area (Å²) in [6, 6.07) is 1.65. The van der Waals surface area contributed by atoms with Crippen LogP contribution in [0.2, 0.25) is 0 Å². The highest BCUT2D eigenvalue weighted by atomic mass is 16.2. The zero-order chi connectivity index (χ0) is 15.2. The first-order chi connectivity index (χ1) is 9.37. The number of nitrogens with zero attached hydrogens (tertiary/aromatic N) is 3. The van der Waals surface area contributed by atoms with Gasteiger partial charge in [-0.2, -0.15) is 0 Å². The molecule has 1 heterocycles. The van der Waals surface area contributed by atoms with Gasteiger partial charge in [-0.05, 0) is 39.7 Å². The topological polar surface area (TPSA) is 58.1 Å². The summed E-state index contributed by atoms with van der Waals surface area (Å²) in [7, 11) is 0. The van der Waals surface area contributed by atoms with Crippen LogP contribution in [0.5, 0.6) is 0 Å². The van der Waals surface area contributed by atoms with Crippen molar-refractivity contribution >= 4 is 11.9 Å². The summed E-state index contributed by atoms with van der Waals surface area (Å²) < 4.78 is 0. The Morgan fingerprint density at radius 3 is 2.35 bits per heavy atom. The molecule has 0 saturated carbocycles. The maximum Gasteiger partial charge on any atom is 0.270 e. The average molecular weight is 278 g/mol. The summed E-state index contributed by atoms with van der Waals surface area (Å²) in [5, 5.41) is 2.92. The largest absolute Gasteiger partial charge is 0.346 e. The van der Waals surface area contributed by atoms with Crippen molar-refractivity contribution in [1.82, 2.24) is 15.3 Å². The highest BCUT2D eigenvalue weighted by Gasteiger charge is 2.17. The molecule has 0 saturated heterocycles. The minimum atomic E-state index is -0.269. The number of carbonyl (C=O) groups excluding carboxylic acids is 1. The quantitative estimate of drug-likeness (QED) is 0.869.